The Labute approximate surface area is 159 Å². The van der Waals surface area contributed by atoms with Crippen LogP contribution < -0.4 is 5.32 Å². The van der Waals surface area contributed by atoms with Gasteiger partial charge < -0.3 is 15.5 Å². The number of carbonyl (C=O) groups excluding carboxylic acids is 1. The van der Waals surface area contributed by atoms with E-state index in [4.69, 9.17) is 10.2 Å². The van der Waals surface area contributed by atoms with Crippen molar-refractivity contribution >= 4 is 17.7 Å². The van der Waals surface area contributed by atoms with Crippen molar-refractivity contribution in [2.45, 2.75) is 96.5 Å². The minimum absolute atomic E-state index is 0.0291. The van der Waals surface area contributed by atoms with Gasteiger partial charge in [0.2, 0.25) is 5.91 Å². The van der Waals surface area contributed by atoms with Crippen LogP contribution in [0.5, 0.6) is 0 Å². The highest BCUT2D eigenvalue weighted by Gasteiger charge is 2.05. The maximum Gasteiger partial charge on any atom is 0.220 e. The molecule has 150 valence electrons. The molecule has 0 spiro atoms. The summed E-state index contributed by atoms with van der Waals surface area (Å²) in [4.78, 5) is 11.5. The minimum atomic E-state index is -0.845. The average Bonchev–Trinajstić information content (AvgIpc) is 2.62. The molecule has 1 unspecified atom stereocenters. The van der Waals surface area contributed by atoms with Gasteiger partial charge in [-0.2, -0.15) is 11.8 Å². The fourth-order valence-corrected chi connectivity index (χ4v) is 3.69. The van der Waals surface area contributed by atoms with E-state index in [1.54, 1.807) is 0 Å². The lowest BCUT2D eigenvalue weighted by Gasteiger charge is -2.08. The van der Waals surface area contributed by atoms with Gasteiger partial charge in [-0.25, -0.2) is 0 Å². The summed E-state index contributed by atoms with van der Waals surface area (Å²) in [5.74, 6) is 2.59. The van der Waals surface area contributed by atoms with Gasteiger partial charge in [0.1, 0.15) is 0 Å². The van der Waals surface area contributed by atoms with Gasteiger partial charge in [0.15, 0.2) is 0 Å². The van der Waals surface area contributed by atoms with E-state index in [1.807, 2.05) is 0 Å². The van der Waals surface area contributed by atoms with Gasteiger partial charge >= 0.3 is 0 Å². The molecule has 25 heavy (non-hydrogen) atoms. The largest absolute Gasteiger partial charge is 0.394 e. The summed E-state index contributed by atoms with van der Waals surface area (Å²) >= 11 is 2.11. The van der Waals surface area contributed by atoms with Crippen LogP contribution in [0.1, 0.15) is 90.4 Å². The molecule has 3 N–H and O–H groups in total. The number of aliphatic hydroxyl groups is 2. The van der Waals surface area contributed by atoms with E-state index in [1.165, 1.54) is 75.7 Å². The first-order valence-corrected chi connectivity index (χ1v) is 11.5. The molecule has 5 heteroatoms. The number of hydrogen-bond acceptors (Lipinski definition) is 4. The molecule has 0 aliphatic heterocycles. The van der Waals surface area contributed by atoms with Crippen LogP contribution in [0.25, 0.3) is 0 Å². The highest BCUT2D eigenvalue weighted by Crippen LogP contribution is 2.13. The van der Waals surface area contributed by atoms with Crippen molar-refractivity contribution < 1.29 is 15.0 Å². The second-order valence-corrected chi connectivity index (χ2v) is 8.12. The molecule has 0 aromatic rings. The Morgan fingerprint density at radius 2 is 1.40 bits per heavy atom. The fraction of sp³-hybridized carbons (Fsp3) is 0.950. The highest BCUT2D eigenvalue weighted by atomic mass is 32.2. The lowest BCUT2D eigenvalue weighted by atomic mass is 10.1. The number of thioether (sulfide) groups is 1. The summed E-state index contributed by atoms with van der Waals surface area (Å²) < 4.78 is 0. The molecular weight excluding hydrogens is 334 g/mol. The number of aliphatic hydroxyl groups excluding tert-OH is 2. The third kappa shape index (κ3) is 19.9. The number of rotatable bonds is 19. The van der Waals surface area contributed by atoms with Gasteiger partial charge in [-0.15, -0.1) is 0 Å². The Kier molecular flexibility index (Phi) is 19.8. The number of amides is 1. The van der Waals surface area contributed by atoms with Gasteiger partial charge in [0.25, 0.3) is 0 Å². The zero-order valence-corrected chi connectivity index (χ0v) is 17.1. The Hall–Kier alpha value is -0.260. The molecular formula is C20H41NO3S. The van der Waals surface area contributed by atoms with Crippen LogP contribution in [0, 0.1) is 0 Å². The topological polar surface area (TPSA) is 69.6 Å². The summed E-state index contributed by atoms with van der Waals surface area (Å²) in [5, 5.41) is 20.4. The van der Waals surface area contributed by atoms with Crippen LogP contribution in [0.3, 0.4) is 0 Å². The molecule has 0 aromatic carbocycles. The number of carbonyl (C=O) groups is 1. The summed E-state index contributed by atoms with van der Waals surface area (Å²) in [6, 6.07) is 0. The highest BCUT2D eigenvalue weighted by molar-refractivity contribution is 7.99. The molecule has 0 saturated heterocycles. The zero-order valence-electron chi connectivity index (χ0n) is 16.3. The predicted molar refractivity (Wildman–Crippen MR) is 109 cm³/mol. The monoisotopic (exact) mass is 375 g/mol. The molecule has 0 fully saturated rings. The molecule has 4 nitrogen and oxygen atoms in total. The zero-order chi connectivity index (χ0) is 18.6. The second kappa shape index (κ2) is 20.1. The van der Waals surface area contributed by atoms with Crippen molar-refractivity contribution in [3.05, 3.63) is 0 Å². The summed E-state index contributed by atoms with van der Waals surface area (Å²) in [7, 11) is 0. The van der Waals surface area contributed by atoms with Crippen molar-refractivity contribution in [1.82, 2.24) is 5.32 Å². The third-order valence-corrected chi connectivity index (χ3v) is 5.49. The van der Waals surface area contributed by atoms with E-state index in [9.17, 15) is 4.79 Å². The van der Waals surface area contributed by atoms with Crippen LogP contribution in [0.15, 0.2) is 0 Å². The molecule has 0 aliphatic carbocycles. The van der Waals surface area contributed by atoms with Crippen molar-refractivity contribution in [3.8, 4) is 0 Å². The van der Waals surface area contributed by atoms with E-state index in [-0.39, 0.29) is 19.1 Å². The Morgan fingerprint density at radius 3 is 1.96 bits per heavy atom. The summed E-state index contributed by atoms with van der Waals surface area (Å²) in [6.45, 7) is 2.10. The predicted octanol–water partition coefficient (Wildman–Crippen LogP) is 4.28. The third-order valence-electron chi connectivity index (χ3n) is 4.33. The minimum Gasteiger partial charge on any atom is -0.394 e. The normalized spacial score (nSPS) is 12.3. The maximum atomic E-state index is 11.5. The van der Waals surface area contributed by atoms with Gasteiger partial charge in [0, 0.05) is 13.0 Å². The van der Waals surface area contributed by atoms with E-state index < -0.39 is 6.10 Å². The standard InChI is InChI=1S/C20H41NO3S/c1-2-3-4-5-9-12-15-25-16-13-10-7-6-8-11-14-20(24)21-17-19(23)18-22/h19,22-23H,2-18H2,1H3,(H,21,24). The van der Waals surface area contributed by atoms with Gasteiger partial charge in [0.05, 0.1) is 12.7 Å². The fourth-order valence-electron chi connectivity index (χ4n) is 2.67. The van der Waals surface area contributed by atoms with E-state index in [0.717, 1.165) is 12.8 Å². The number of unbranched alkanes of at least 4 members (excludes halogenated alkanes) is 10. The Bertz CT molecular complexity index is 290. The SMILES string of the molecule is CCCCCCCCSCCCCCCCCC(=O)NCC(O)CO. The summed E-state index contributed by atoms with van der Waals surface area (Å²) in [5.41, 5.74) is 0. The first-order valence-electron chi connectivity index (χ1n) is 10.3. The van der Waals surface area contributed by atoms with Crippen LogP contribution in [0.2, 0.25) is 0 Å². The van der Waals surface area contributed by atoms with Crippen LogP contribution in [-0.2, 0) is 4.79 Å². The van der Waals surface area contributed by atoms with Crippen molar-refractivity contribution in [3.63, 3.8) is 0 Å². The molecule has 0 heterocycles. The molecule has 0 aliphatic rings. The lowest BCUT2D eigenvalue weighted by molar-refractivity contribution is -0.121. The molecule has 0 bridgehead atoms. The lowest BCUT2D eigenvalue weighted by Crippen LogP contribution is -2.33. The average molecular weight is 376 g/mol. The van der Waals surface area contributed by atoms with Crippen molar-refractivity contribution in [2.75, 3.05) is 24.7 Å². The first-order chi connectivity index (χ1) is 12.2. The van der Waals surface area contributed by atoms with Gasteiger partial charge in [-0.05, 0) is 30.8 Å². The van der Waals surface area contributed by atoms with E-state index in [2.05, 4.69) is 24.0 Å². The Balaban J connectivity index is 3.12. The van der Waals surface area contributed by atoms with Crippen LogP contribution in [-0.4, -0.2) is 46.9 Å². The van der Waals surface area contributed by atoms with Crippen LogP contribution >= 0.6 is 11.8 Å². The van der Waals surface area contributed by atoms with E-state index >= 15 is 0 Å². The molecule has 0 aromatic heterocycles. The molecule has 0 radical (unpaired) electrons. The van der Waals surface area contributed by atoms with Crippen LogP contribution in [0.4, 0.5) is 0 Å². The van der Waals surface area contributed by atoms with Crippen molar-refractivity contribution in [1.29, 1.82) is 0 Å². The van der Waals surface area contributed by atoms with Gasteiger partial charge in [-0.1, -0.05) is 64.7 Å². The van der Waals surface area contributed by atoms with E-state index in [0.29, 0.717) is 6.42 Å². The molecule has 1 atom stereocenters. The van der Waals surface area contributed by atoms with Gasteiger partial charge in [-0.3, -0.25) is 4.79 Å². The molecule has 0 saturated carbocycles. The summed E-state index contributed by atoms with van der Waals surface area (Å²) in [6.07, 6.45) is 15.1. The smallest absolute Gasteiger partial charge is 0.220 e. The second-order valence-electron chi connectivity index (χ2n) is 6.89. The Morgan fingerprint density at radius 1 is 0.880 bits per heavy atom. The molecule has 1 amide bonds. The van der Waals surface area contributed by atoms with Crippen molar-refractivity contribution in [2.24, 2.45) is 0 Å². The number of nitrogens with one attached hydrogen (secondary N) is 1. The number of hydrogen-bond donors (Lipinski definition) is 3. The molecule has 0 rings (SSSR count). The maximum absolute atomic E-state index is 11.5. The quantitative estimate of drug-likeness (QED) is 0.295. The first kappa shape index (κ1) is 24.7.